The molecule has 0 amide bonds. The van der Waals surface area contributed by atoms with Gasteiger partial charge >= 0.3 is 0 Å². The second-order valence-electron chi connectivity index (χ2n) is 6.68. The molecule has 0 aliphatic rings. The average molecular weight is 419 g/mol. The van der Waals surface area contributed by atoms with Gasteiger partial charge in [0, 0.05) is 0 Å². The number of benzene rings is 2. The minimum absolute atomic E-state index is 0.0109. The van der Waals surface area contributed by atoms with Gasteiger partial charge in [-0.25, -0.2) is 23.7 Å². The highest BCUT2D eigenvalue weighted by Gasteiger charge is 2.21. The summed E-state index contributed by atoms with van der Waals surface area (Å²) in [4.78, 5) is 25.5. The zero-order valence-electron chi connectivity index (χ0n) is 16.2. The van der Waals surface area contributed by atoms with Crippen molar-refractivity contribution in [2.45, 2.75) is 13.0 Å². The summed E-state index contributed by atoms with van der Waals surface area (Å²) >= 11 is 0. The number of nitrogens with one attached hydrogen (secondary N) is 1. The summed E-state index contributed by atoms with van der Waals surface area (Å²) in [6, 6.07) is 10.7. The molecule has 4 aromatic rings. The molecular formula is C21H15F2N7O. The van der Waals surface area contributed by atoms with Crippen LogP contribution >= 0.6 is 0 Å². The minimum Gasteiger partial charge on any atom is -0.382 e. The summed E-state index contributed by atoms with van der Waals surface area (Å²) in [6.45, 7) is 1.67. The number of rotatable bonds is 4. The van der Waals surface area contributed by atoms with Crippen molar-refractivity contribution in [1.29, 1.82) is 5.26 Å². The fourth-order valence-electron chi connectivity index (χ4n) is 3.25. The lowest BCUT2D eigenvalue weighted by atomic mass is 10.2. The summed E-state index contributed by atoms with van der Waals surface area (Å²) in [7, 11) is 0. The number of aromatic nitrogens is 4. The summed E-state index contributed by atoms with van der Waals surface area (Å²) in [5, 5.41) is 12.1. The lowest BCUT2D eigenvalue weighted by molar-refractivity contribution is 0.623. The smallest absolute Gasteiger partial charge is 0.269 e. The second-order valence-corrected chi connectivity index (χ2v) is 6.68. The van der Waals surface area contributed by atoms with Crippen molar-refractivity contribution in [2.75, 3.05) is 11.1 Å². The third kappa shape index (κ3) is 3.53. The van der Waals surface area contributed by atoms with Crippen LogP contribution in [0.2, 0.25) is 0 Å². The van der Waals surface area contributed by atoms with Gasteiger partial charge in [-0.2, -0.15) is 5.26 Å². The lowest BCUT2D eigenvalue weighted by Crippen LogP contribution is -2.28. The maximum Gasteiger partial charge on any atom is 0.269 e. The number of nitrogens with two attached hydrogens (primary N) is 1. The molecule has 0 spiro atoms. The molecule has 0 aliphatic carbocycles. The highest BCUT2D eigenvalue weighted by atomic mass is 19.1. The molecule has 31 heavy (non-hydrogen) atoms. The molecule has 3 N–H and O–H groups in total. The predicted octanol–water partition coefficient (Wildman–Crippen LogP) is 3.08. The molecule has 4 rings (SSSR count). The third-order valence-corrected chi connectivity index (χ3v) is 4.67. The summed E-state index contributed by atoms with van der Waals surface area (Å²) < 4.78 is 29.5. The van der Waals surface area contributed by atoms with E-state index in [0.717, 1.165) is 16.7 Å². The predicted molar refractivity (Wildman–Crippen MR) is 110 cm³/mol. The number of nitrogen functional groups attached to an aromatic ring is 1. The van der Waals surface area contributed by atoms with Gasteiger partial charge in [-0.15, -0.1) is 0 Å². The Morgan fingerprint density at radius 3 is 2.71 bits per heavy atom. The molecule has 10 heteroatoms. The Kier molecular flexibility index (Phi) is 5.00. The van der Waals surface area contributed by atoms with E-state index in [9.17, 15) is 18.8 Å². The first-order valence-corrected chi connectivity index (χ1v) is 9.15. The highest BCUT2D eigenvalue weighted by Crippen LogP contribution is 2.24. The van der Waals surface area contributed by atoms with E-state index < -0.39 is 23.2 Å². The fraction of sp³-hybridized carbons (Fsp3) is 0.0952. The van der Waals surface area contributed by atoms with Crippen LogP contribution in [0.4, 0.5) is 20.4 Å². The first-order chi connectivity index (χ1) is 14.9. The lowest BCUT2D eigenvalue weighted by Gasteiger charge is -2.20. The molecule has 0 saturated carbocycles. The maximum atomic E-state index is 14.4. The number of fused-ring (bicyclic) bond motifs is 1. The molecule has 0 aliphatic heterocycles. The van der Waals surface area contributed by atoms with E-state index in [-0.39, 0.29) is 39.6 Å². The largest absolute Gasteiger partial charge is 0.382 e. The SMILES string of the molecule is C[C@H](Nc1ncnc(N)c1C#N)c1nc2cccc(F)c2c(=O)n1-c1cccc(F)c1. The van der Waals surface area contributed by atoms with Gasteiger partial charge in [0.25, 0.3) is 5.56 Å². The fourth-order valence-corrected chi connectivity index (χ4v) is 3.25. The van der Waals surface area contributed by atoms with E-state index in [4.69, 9.17) is 5.73 Å². The molecular weight excluding hydrogens is 404 g/mol. The van der Waals surface area contributed by atoms with Gasteiger partial charge in [-0.1, -0.05) is 12.1 Å². The van der Waals surface area contributed by atoms with Crippen molar-refractivity contribution in [2.24, 2.45) is 0 Å². The van der Waals surface area contributed by atoms with E-state index in [1.54, 1.807) is 6.92 Å². The van der Waals surface area contributed by atoms with Crippen LogP contribution < -0.4 is 16.6 Å². The molecule has 1 atom stereocenters. The Morgan fingerprint density at radius 2 is 1.97 bits per heavy atom. The van der Waals surface area contributed by atoms with Crippen molar-refractivity contribution in [3.8, 4) is 11.8 Å². The number of anilines is 2. The second kappa shape index (κ2) is 7.79. The van der Waals surface area contributed by atoms with Gasteiger partial charge in [0.1, 0.15) is 52.4 Å². The van der Waals surface area contributed by atoms with E-state index in [1.807, 2.05) is 6.07 Å². The van der Waals surface area contributed by atoms with Gasteiger partial charge in [0.2, 0.25) is 0 Å². The third-order valence-electron chi connectivity index (χ3n) is 4.67. The van der Waals surface area contributed by atoms with Gasteiger partial charge < -0.3 is 11.1 Å². The molecule has 0 fully saturated rings. The zero-order valence-corrected chi connectivity index (χ0v) is 16.2. The zero-order chi connectivity index (χ0) is 22.1. The van der Waals surface area contributed by atoms with E-state index >= 15 is 0 Å². The first kappa shape index (κ1) is 19.9. The Labute approximate surface area is 174 Å². The summed E-state index contributed by atoms with van der Waals surface area (Å²) in [6.07, 6.45) is 1.19. The van der Waals surface area contributed by atoms with Crippen LogP contribution in [0.15, 0.2) is 53.6 Å². The Morgan fingerprint density at radius 1 is 1.19 bits per heavy atom. The minimum atomic E-state index is -0.734. The van der Waals surface area contributed by atoms with Crippen molar-refractivity contribution < 1.29 is 8.78 Å². The quantitative estimate of drug-likeness (QED) is 0.521. The normalized spacial score (nSPS) is 11.8. The van der Waals surface area contributed by atoms with Gasteiger partial charge in [-0.05, 0) is 37.3 Å². The molecule has 2 aromatic heterocycles. The molecule has 0 saturated heterocycles. The van der Waals surface area contributed by atoms with Crippen molar-refractivity contribution in [1.82, 2.24) is 19.5 Å². The van der Waals surface area contributed by atoms with Crippen molar-refractivity contribution in [3.05, 3.63) is 82.2 Å². The standard InChI is InChI=1S/C21H15F2N7O/c1-11(28-19-14(9-24)18(25)26-10-27-19)20-29-16-7-3-6-15(23)17(16)21(31)30(20)13-5-2-4-12(22)8-13/h2-8,10-11H,1H3,(H3,25,26,27,28)/t11-/m0/s1. The Balaban J connectivity index is 1.95. The topological polar surface area (TPSA) is 123 Å². The van der Waals surface area contributed by atoms with Crippen molar-refractivity contribution in [3.63, 3.8) is 0 Å². The molecule has 0 radical (unpaired) electrons. The van der Waals surface area contributed by atoms with Crippen LogP contribution in [0.3, 0.4) is 0 Å². The van der Waals surface area contributed by atoms with Crippen LogP contribution in [0.25, 0.3) is 16.6 Å². The van der Waals surface area contributed by atoms with E-state index in [1.165, 1.54) is 36.7 Å². The number of hydrogen-bond acceptors (Lipinski definition) is 7. The van der Waals surface area contributed by atoms with Gasteiger partial charge in [-0.3, -0.25) is 9.36 Å². The summed E-state index contributed by atoms with van der Waals surface area (Å²) in [5.41, 5.74) is 5.38. The molecule has 2 aromatic carbocycles. The Bertz CT molecular complexity index is 1410. The molecule has 2 heterocycles. The average Bonchev–Trinajstić information content (AvgIpc) is 2.73. The number of nitrogens with zero attached hydrogens (tertiary/aromatic N) is 5. The van der Waals surface area contributed by atoms with Gasteiger partial charge in [0.05, 0.1) is 17.2 Å². The summed E-state index contributed by atoms with van der Waals surface area (Å²) in [5.74, 6) is -1.01. The van der Waals surface area contributed by atoms with Crippen LogP contribution in [0.1, 0.15) is 24.4 Å². The van der Waals surface area contributed by atoms with E-state index in [2.05, 4.69) is 20.3 Å². The first-order valence-electron chi connectivity index (χ1n) is 9.15. The number of nitriles is 1. The van der Waals surface area contributed by atoms with Crippen LogP contribution in [0, 0.1) is 23.0 Å². The monoisotopic (exact) mass is 419 g/mol. The Hall–Kier alpha value is -4.39. The maximum absolute atomic E-state index is 14.4. The molecule has 154 valence electrons. The van der Waals surface area contributed by atoms with Crippen LogP contribution in [-0.4, -0.2) is 19.5 Å². The number of hydrogen-bond donors (Lipinski definition) is 2. The van der Waals surface area contributed by atoms with E-state index in [0.29, 0.717) is 0 Å². The van der Waals surface area contributed by atoms with Crippen LogP contribution in [-0.2, 0) is 0 Å². The molecule has 0 bridgehead atoms. The van der Waals surface area contributed by atoms with Crippen molar-refractivity contribution >= 4 is 22.5 Å². The van der Waals surface area contributed by atoms with Gasteiger partial charge in [0.15, 0.2) is 0 Å². The van der Waals surface area contributed by atoms with Crippen LogP contribution in [0.5, 0.6) is 0 Å². The highest BCUT2D eigenvalue weighted by molar-refractivity contribution is 5.78. The molecule has 8 nitrogen and oxygen atoms in total. The molecule has 0 unspecified atom stereocenters. The number of halogens is 2.